The van der Waals surface area contributed by atoms with E-state index in [1.807, 2.05) is 65.5 Å². The van der Waals surface area contributed by atoms with Gasteiger partial charge in [0.05, 0.1) is 7.11 Å². The summed E-state index contributed by atoms with van der Waals surface area (Å²) in [4.78, 5) is 12.6. The molecule has 0 aliphatic carbocycles. The Morgan fingerprint density at radius 3 is 2.41 bits per heavy atom. The Balaban J connectivity index is 1.46. The third-order valence-electron chi connectivity index (χ3n) is 5.01. The number of benzene rings is 3. The molecule has 160 valence electrons. The van der Waals surface area contributed by atoms with Crippen molar-refractivity contribution in [1.29, 1.82) is 0 Å². The van der Waals surface area contributed by atoms with Crippen LogP contribution in [0.2, 0.25) is 0 Å². The summed E-state index contributed by atoms with van der Waals surface area (Å²) in [5.41, 5.74) is 3.16. The predicted molar refractivity (Wildman–Crippen MR) is 123 cm³/mol. The van der Waals surface area contributed by atoms with Gasteiger partial charge < -0.3 is 14.0 Å². The second kappa shape index (κ2) is 9.79. The molecule has 0 spiro atoms. The Kier molecular flexibility index (Phi) is 6.46. The van der Waals surface area contributed by atoms with Crippen molar-refractivity contribution in [2.24, 2.45) is 0 Å². The third-order valence-corrected chi connectivity index (χ3v) is 5.01. The summed E-state index contributed by atoms with van der Waals surface area (Å²) < 4.78 is 26.8. The van der Waals surface area contributed by atoms with Crippen molar-refractivity contribution >= 4 is 11.9 Å². The lowest BCUT2D eigenvalue weighted by Crippen LogP contribution is -2.00. The van der Waals surface area contributed by atoms with Gasteiger partial charge in [-0.2, -0.15) is 0 Å². The van der Waals surface area contributed by atoms with Gasteiger partial charge in [-0.25, -0.2) is 4.39 Å². The van der Waals surface area contributed by atoms with Gasteiger partial charge in [-0.1, -0.05) is 24.3 Å². The smallest absolute Gasteiger partial charge is 0.185 e. The first kappa shape index (κ1) is 21.1. The number of carbonyl (C=O) groups excluding carboxylic acids is 1. The first-order chi connectivity index (χ1) is 15.6. The second-order valence-corrected chi connectivity index (χ2v) is 7.13. The van der Waals surface area contributed by atoms with Crippen LogP contribution in [0.3, 0.4) is 0 Å². The summed E-state index contributed by atoms with van der Waals surface area (Å²) in [7, 11) is 1.57. The minimum Gasteiger partial charge on any atom is -0.496 e. The number of nitrogens with zero attached hydrogens (tertiary/aromatic N) is 1. The van der Waals surface area contributed by atoms with E-state index in [0.29, 0.717) is 11.3 Å². The molecule has 0 saturated carbocycles. The Morgan fingerprint density at radius 2 is 1.69 bits per heavy atom. The number of rotatable bonds is 8. The number of ether oxygens (including phenoxy) is 2. The standard InChI is InChI=1S/C27H22FNO3/c1-31-26-15-9-20(18-22(26)19-32-27-7-3-2-6-24(27)28)8-14-25(30)21-10-12-23(13-11-21)29-16-4-5-17-29/h2-18H,19H2,1H3/b14-8+. The van der Waals surface area contributed by atoms with Gasteiger partial charge in [-0.15, -0.1) is 0 Å². The third kappa shape index (κ3) is 4.95. The molecule has 0 radical (unpaired) electrons. The van der Waals surface area contributed by atoms with Crippen LogP contribution in [0.5, 0.6) is 11.5 Å². The van der Waals surface area contributed by atoms with E-state index >= 15 is 0 Å². The lowest BCUT2D eigenvalue weighted by molar-refractivity contribution is 0.104. The Morgan fingerprint density at radius 1 is 0.938 bits per heavy atom. The maximum atomic E-state index is 13.8. The van der Waals surface area contributed by atoms with Crippen molar-refractivity contribution in [1.82, 2.24) is 4.57 Å². The molecule has 5 heteroatoms. The van der Waals surface area contributed by atoms with Gasteiger partial charge in [0, 0.05) is 29.2 Å². The summed E-state index contributed by atoms with van der Waals surface area (Å²) in [5, 5.41) is 0. The molecule has 1 aromatic heterocycles. The molecule has 1 heterocycles. The van der Waals surface area contributed by atoms with Crippen LogP contribution in [-0.2, 0) is 6.61 Å². The fourth-order valence-electron chi connectivity index (χ4n) is 3.30. The number of hydrogen-bond acceptors (Lipinski definition) is 3. The van der Waals surface area contributed by atoms with Gasteiger partial charge in [-0.05, 0) is 72.3 Å². The average molecular weight is 427 g/mol. The highest BCUT2D eigenvalue weighted by Crippen LogP contribution is 2.24. The molecule has 0 fully saturated rings. The van der Waals surface area contributed by atoms with Crippen LogP contribution in [0.15, 0.2) is 97.3 Å². The lowest BCUT2D eigenvalue weighted by atomic mass is 10.1. The highest BCUT2D eigenvalue weighted by Gasteiger charge is 2.08. The Labute approximate surface area is 186 Å². The molecule has 3 aromatic carbocycles. The summed E-state index contributed by atoms with van der Waals surface area (Å²) in [6.07, 6.45) is 7.18. The number of carbonyl (C=O) groups is 1. The van der Waals surface area contributed by atoms with Crippen LogP contribution < -0.4 is 9.47 Å². The second-order valence-electron chi connectivity index (χ2n) is 7.13. The molecule has 32 heavy (non-hydrogen) atoms. The van der Waals surface area contributed by atoms with E-state index in [0.717, 1.165) is 16.8 Å². The van der Waals surface area contributed by atoms with Gasteiger partial charge in [0.15, 0.2) is 17.3 Å². The van der Waals surface area contributed by atoms with Crippen LogP contribution in [0.1, 0.15) is 21.5 Å². The molecular weight excluding hydrogens is 405 g/mol. The quantitative estimate of drug-likeness (QED) is 0.252. The summed E-state index contributed by atoms with van der Waals surface area (Å²) in [5.74, 6) is 0.291. The summed E-state index contributed by atoms with van der Waals surface area (Å²) in [6, 6.07) is 23.1. The van der Waals surface area contributed by atoms with Crippen molar-refractivity contribution in [2.75, 3.05) is 7.11 Å². The van der Waals surface area contributed by atoms with Gasteiger partial charge >= 0.3 is 0 Å². The number of allylic oxidation sites excluding steroid dienone is 1. The largest absolute Gasteiger partial charge is 0.496 e. The number of methoxy groups -OCH3 is 1. The van der Waals surface area contributed by atoms with E-state index in [9.17, 15) is 9.18 Å². The highest BCUT2D eigenvalue weighted by molar-refractivity contribution is 6.06. The van der Waals surface area contributed by atoms with Crippen LogP contribution in [0, 0.1) is 5.82 Å². The Hall–Kier alpha value is -4.12. The van der Waals surface area contributed by atoms with Crippen LogP contribution in [-0.4, -0.2) is 17.5 Å². The number of para-hydroxylation sites is 1. The van der Waals surface area contributed by atoms with Gasteiger partial charge in [0.2, 0.25) is 0 Å². The van der Waals surface area contributed by atoms with E-state index in [1.54, 1.807) is 37.5 Å². The molecule has 0 aliphatic heterocycles. The lowest BCUT2D eigenvalue weighted by Gasteiger charge is -2.11. The van der Waals surface area contributed by atoms with E-state index in [4.69, 9.17) is 9.47 Å². The van der Waals surface area contributed by atoms with E-state index in [-0.39, 0.29) is 18.1 Å². The molecule has 0 aliphatic rings. The summed E-state index contributed by atoms with van der Waals surface area (Å²) in [6.45, 7) is 0.139. The van der Waals surface area contributed by atoms with E-state index in [1.165, 1.54) is 12.1 Å². The van der Waals surface area contributed by atoms with Gasteiger partial charge in [-0.3, -0.25) is 4.79 Å². The fourth-order valence-corrected chi connectivity index (χ4v) is 3.30. The Bertz CT molecular complexity index is 1230. The monoisotopic (exact) mass is 427 g/mol. The fraction of sp³-hybridized carbons (Fsp3) is 0.0741. The maximum absolute atomic E-state index is 13.8. The molecule has 4 nitrogen and oxygen atoms in total. The van der Waals surface area contributed by atoms with E-state index < -0.39 is 5.82 Å². The zero-order chi connectivity index (χ0) is 22.3. The molecular formula is C27H22FNO3. The van der Waals surface area contributed by atoms with Crippen molar-refractivity contribution in [3.05, 3.63) is 120 Å². The maximum Gasteiger partial charge on any atom is 0.185 e. The van der Waals surface area contributed by atoms with Crippen LogP contribution in [0.4, 0.5) is 4.39 Å². The van der Waals surface area contributed by atoms with Crippen LogP contribution >= 0.6 is 0 Å². The molecule has 0 unspecified atom stereocenters. The van der Waals surface area contributed by atoms with Crippen molar-refractivity contribution < 1.29 is 18.7 Å². The van der Waals surface area contributed by atoms with Gasteiger partial charge in [0.25, 0.3) is 0 Å². The topological polar surface area (TPSA) is 40.5 Å². The SMILES string of the molecule is COc1ccc(/C=C/C(=O)c2ccc(-n3cccc3)cc2)cc1COc1ccccc1F. The molecule has 0 saturated heterocycles. The van der Waals surface area contributed by atoms with Crippen molar-refractivity contribution in [3.8, 4) is 17.2 Å². The van der Waals surface area contributed by atoms with Crippen molar-refractivity contribution in [3.63, 3.8) is 0 Å². The molecule has 4 rings (SSSR count). The van der Waals surface area contributed by atoms with Crippen molar-refractivity contribution in [2.45, 2.75) is 6.61 Å². The predicted octanol–water partition coefficient (Wildman–Crippen LogP) is 6.10. The van der Waals surface area contributed by atoms with Gasteiger partial charge in [0.1, 0.15) is 12.4 Å². The minimum atomic E-state index is -0.420. The van der Waals surface area contributed by atoms with E-state index in [2.05, 4.69) is 0 Å². The normalized spacial score (nSPS) is 10.9. The highest BCUT2D eigenvalue weighted by atomic mass is 19.1. The van der Waals surface area contributed by atoms with Crippen LogP contribution in [0.25, 0.3) is 11.8 Å². The molecule has 0 N–H and O–H groups in total. The molecule has 0 amide bonds. The zero-order valence-corrected chi connectivity index (χ0v) is 17.6. The minimum absolute atomic E-state index is 0.0935. The number of aromatic nitrogens is 1. The first-order valence-corrected chi connectivity index (χ1v) is 10.1. The zero-order valence-electron chi connectivity index (χ0n) is 17.6. The molecule has 0 atom stereocenters. The number of hydrogen-bond donors (Lipinski definition) is 0. The average Bonchev–Trinajstić information content (AvgIpc) is 3.37. The molecule has 4 aromatic rings. The first-order valence-electron chi connectivity index (χ1n) is 10.1. The number of ketones is 1. The molecule has 0 bridgehead atoms. The number of halogens is 1. The summed E-state index contributed by atoms with van der Waals surface area (Å²) >= 11 is 0.